The van der Waals surface area contributed by atoms with Crippen molar-refractivity contribution in [3.8, 4) is 5.75 Å². The number of benzene rings is 1. The molecule has 136 valence electrons. The van der Waals surface area contributed by atoms with E-state index in [9.17, 15) is 0 Å². The predicted molar refractivity (Wildman–Crippen MR) is 110 cm³/mol. The summed E-state index contributed by atoms with van der Waals surface area (Å²) in [5, 5.41) is 6.71. The quantitative estimate of drug-likeness (QED) is 0.433. The molecule has 0 bridgehead atoms. The molecule has 3 heterocycles. The van der Waals surface area contributed by atoms with Crippen LogP contribution in [0.5, 0.6) is 5.75 Å². The first-order chi connectivity index (χ1) is 12.6. The fourth-order valence-electron chi connectivity index (χ4n) is 3.04. The van der Waals surface area contributed by atoms with Crippen LogP contribution in [0, 0.1) is 3.70 Å². The van der Waals surface area contributed by atoms with Crippen LogP contribution in [-0.4, -0.2) is 21.4 Å². The van der Waals surface area contributed by atoms with Crippen LogP contribution in [-0.2, 0) is 11.3 Å². The van der Waals surface area contributed by atoms with Gasteiger partial charge in [-0.15, -0.1) is 0 Å². The van der Waals surface area contributed by atoms with E-state index < -0.39 is 0 Å². The summed E-state index contributed by atoms with van der Waals surface area (Å²) >= 11 is 14.5. The van der Waals surface area contributed by atoms with Crippen molar-refractivity contribution in [2.24, 2.45) is 0 Å². The first-order valence-corrected chi connectivity index (χ1v) is 10.2. The number of halogens is 3. The molecule has 1 aromatic carbocycles. The zero-order valence-corrected chi connectivity index (χ0v) is 17.5. The molecule has 0 aliphatic carbocycles. The number of nitrogens with zero attached hydrogens (tertiary/aromatic N) is 3. The highest BCUT2D eigenvalue weighted by atomic mass is 127. The maximum Gasteiger partial charge on any atom is 0.150 e. The summed E-state index contributed by atoms with van der Waals surface area (Å²) in [5.41, 5.74) is 1.78. The summed E-state index contributed by atoms with van der Waals surface area (Å²) in [6, 6.07) is 5.95. The van der Waals surface area contributed by atoms with Gasteiger partial charge in [0, 0.05) is 30.0 Å². The molecule has 5 nitrogen and oxygen atoms in total. The summed E-state index contributed by atoms with van der Waals surface area (Å²) in [4.78, 5) is 3.96. The Labute approximate surface area is 174 Å². The van der Waals surface area contributed by atoms with Crippen molar-refractivity contribution in [1.29, 1.82) is 0 Å². The second kappa shape index (κ2) is 7.88. The fourth-order valence-corrected chi connectivity index (χ4v) is 4.18. The lowest BCUT2D eigenvalue weighted by molar-refractivity contribution is -0.0368. The van der Waals surface area contributed by atoms with Crippen molar-refractivity contribution in [2.45, 2.75) is 32.1 Å². The van der Waals surface area contributed by atoms with Gasteiger partial charge in [0.1, 0.15) is 16.1 Å². The van der Waals surface area contributed by atoms with Crippen molar-refractivity contribution < 1.29 is 9.47 Å². The van der Waals surface area contributed by atoms with Crippen LogP contribution in [0.3, 0.4) is 0 Å². The Morgan fingerprint density at radius 2 is 2.04 bits per heavy atom. The zero-order valence-electron chi connectivity index (χ0n) is 13.8. The highest BCUT2D eigenvalue weighted by Crippen LogP contribution is 2.31. The maximum atomic E-state index is 6.15. The highest BCUT2D eigenvalue weighted by Gasteiger charge is 2.20. The molecule has 1 saturated heterocycles. The topological polar surface area (TPSA) is 49.2 Å². The van der Waals surface area contributed by atoms with Crippen LogP contribution in [0.25, 0.3) is 10.9 Å². The van der Waals surface area contributed by atoms with E-state index in [1.807, 2.05) is 22.9 Å². The van der Waals surface area contributed by atoms with Gasteiger partial charge in [0.2, 0.25) is 0 Å². The number of aromatic nitrogens is 3. The maximum absolute atomic E-state index is 6.15. The summed E-state index contributed by atoms with van der Waals surface area (Å²) in [5.74, 6) is 0.739. The van der Waals surface area contributed by atoms with Crippen molar-refractivity contribution in [1.82, 2.24) is 14.8 Å². The Morgan fingerprint density at radius 3 is 2.77 bits per heavy atom. The first kappa shape index (κ1) is 18.3. The van der Waals surface area contributed by atoms with Gasteiger partial charge >= 0.3 is 0 Å². The Kier molecular flexibility index (Phi) is 5.54. The van der Waals surface area contributed by atoms with Gasteiger partial charge in [0.05, 0.1) is 15.6 Å². The zero-order chi connectivity index (χ0) is 18.1. The van der Waals surface area contributed by atoms with Crippen LogP contribution in [0.15, 0.2) is 30.6 Å². The molecule has 1 atom stereocenters. The molecule has 4 rings (SSSR count). The van der Waals surface area contributed by atoms with E-state index in [-0.39, 0.29) is 12.8 Å². The Balaban J connectivity index is 1.59. The Morgan fingerprint density at radius 1 is 1.23 bits per heavy atom. The minimum atomic E-state index is 0.0102. The molecule has 2 aromatic heterocycles. The molecule has 0 amide bonds. The summed E-state index contributed by atoms with van der Waals surface area (Å²) in [6.45, 7) is 1.07. The fraction of sp³-hybridized carbons (Fsp3) is 0.333. The smallest absolute Gasteiger partial charge is 0.150 e. The third-order valence-corrected chi connectivity index (χ3v) is 5.84. The van der Waals surface area contributed by atoms with Gasteiger partial charge in [-0.05, 0) is 60.1 Å². The molecular formula is C18H16Cl2IN3O2. The molecule has 1 aliphatic heterocycles. The average Bonchev–Trinajstić information content (AvgIpc) is 2.98. The number of fused-ring (bicyclic) bond motifs is 1. The average molecular weight is 504 g/mol. The lowest BCUT2D eigenvalue weighted by Gasteiger charge is -2.23. The first-order valence-electron chi connectivity index (χ1n) is 8.33. The molecular weight excluding hydrogens is 488 g/mol. The lowest BCUT2D eigenvalue weighted by atomic mass is 10.2. The van der Waals surface area contributed by atoms with Gasteiger partial charge in [0.25, 0.3) is 0 Å². The van der Waals surface area contributed by atoms with Gasteiger partial charge in [-0.25, -0.2) is 4.68 Å². The van der Waals surface area contributed by atoms with Gasteiger partial charge in [0.15, 0.2) is 6.23 Å². The monoisotopic (exact) mass is 503 g/mol. The van der Waals surface area contributed by atoms with E-state index in [0.29, 0.717) is 10.0 Å². The van der Waals surface area contributed by atoms with Crippen LogP contribution < -0.4 is 4.74 Å². The second-order valence-electron chi connectivity index (χ2n) is 6.11. The molecule has 0 radical (unpaired) electrons. The van der Waals surface area contributed by atoms with E-state index in [1.54, 1.807) is 12.4 Å². The number of ether oxygens (including phenoxy) is 2. The number of hydrogen-bond acceptors (Lipinski definition) is 4. The van der Waals surface area contributed by atoms with Crippen LogP contribution in [0.1, 0.15) is 31.1 Å². The number of rotatable bonds is 4. The normalized spacial score (nSPS) is 17.6. The minimum Gasteiger partial charge on any atom is -0.489 e. The van der Waals surface area contributed by atoms with Gasteiger partial charge in [-0.1, -0.05) is 23.2 Å². The molecule has 0 N–H and O–H groups in total. The number of hydrogen-bond donors (Lipinski definition) is 0. The lowest BCUT2D eigenvalue weighted by Crippen LogP contribution is -2.19. The third-order valence-electron chi connectivity index (χ3n) is 4.40. The van der Waals surface area contributed by atoms with Gasteiger partial charge in [-0.3, -0.25) is 4.98 Å². The van der Waals surface area contributed by atoms with Crippen LogP contribution >= 0.6 is 45.8 Å². The molecule has 26 heavy (non-hydrogen) atoms. The van der Waals surface area contributed by atoms with Crippen molar-refractivity contribution in [2.75, 3.05) is 6.61 Å². The van der Waals surface area contributed by atoms with E-state index in [4.69, 9.17) is 32.7 Å². The minimum absolute atomic E-state index is 0.0102. The van der Waals surface area contributed by atoms with Crippen LogP contribution in [0.4, 0.5) is 0 Å². The Hall–Kier alpha value is -1.09. The van der Waals surface area contributed by atoms with E-state index in [2.05, 4.69) is 32.7 Å². The molecule has 8 heteroatoms. The molecule has 1 unspecified atom stereocenters. The third kappa shape index (κ3) is 3.65. The second-order valence-corrected chi connectivity index (χ2v) is 7.94. The largest absolute Gasteiger partial charge is 0.489 e. The van der Waals surface area contributed by atoms with Gasteiger partial charge in [-0.2, -0.15) is 5.10 Å². The van der Waals surface area contributed by atoms with Crippen molar-refractivity contribution in [3.63, 3.8) is 0 Å². The molecule has 1 aliphatic rings. The van der Waals surface area contributed by atoms with Gasteiger partial charge < -0.3 is 9.47 Å². The predicted octanol–water partition coefficient (Wildman–Crippen LogP) is 5.62. The summed E-state index contributed by atoms with van der Waals surface area (Å²) in [6.07, 6.45) is 6.40. The number of pyridine rings is 1. The SMILES string of the molecule is Clc1cncc(Cl)c1COc1ccc2c(c1)c(I)nn2C1CCCCO1. The van der Waals surface area contributed by atoms with E-state index >= 15 is 0 Å². The summed E-state index contributed by atoms with van der Waals surface area (Å²) in [7, 11) is 0. The standard InChI is InChI=1S/C18H16Cl2IN3O2/c19-14-8-22-9-15(20)13(14)10-26-11-4-5-16-12(7-11)18(21)23-24(16)17-3-1-2-6-25-17/h4-5,7-9,17H,1-3,6,10H2. The molecule has 0 spiro atoms. The molecule has 0 saturated carbocycles. The van der Waals surface area contributed by atoms with Crippen molar-refractivity contribution >= 4 is 56.7 Å². The summed E-state index contributed by atoms with van der Waals surface area (Å²) < 4.78 is 14.7. The Bertz CT molecular complexity index is 921. The highest BCUT2D eigenvalue weighted by molar-refractivity contribution is 14.1. The van der Waals surface area contributed by atoms with E-state index in [1.165, 1.54) is 0 Å². The molecule has 3 aromatic rings. The molecule has 1 fully saturated rings. The van der Waals surface area contributed by atoms with Crippen LogP contribution in [0.2, 0.25) is 10.0 Å². The van der Waals surface area contributed by atoms with E-state index in [0.717, 1.165) is 51.8 Å². The van der Waals surface area contributed by atoms with Crippen molar-refractivity contribution in [3.05, 3.63) is 49.9 Å².